The van der Waals surface area contributed by atoms with E-state index in [0.29, 0.717) is 0 Å². The lowest BCUT2D eigenvalue weighted by Crippen LogP contribution is -1.85. The van der Waals surface area contributed by atoms with Gasteiger partial charge >= 0.3 is 0 Å². The van der Waals surface area contributed by atoms with Crippen LogP contribution in [0.2, 0.25) is 0 Å². The van der Waals surface area contributed by atoms with Gasteiger partial charge in [-0.2, -0.15) is 0 Å². The molecule has 0 aliphatic carbocycles. The fourth-order valence-corrected chi connectivity index (χ4v) is 2.94. The second-order valence-electron chi connectivity index (χ2n) is 5.79. The lowest BCUT2D eigenvalue weighted by atomic mass is 10.2. The summed E-state index contributed by atoms with van der Waals surface area (Å²) >= 11 is 0. The molecule has 0 unspecified atom stereocenters. The highest BCUT2D eigenvalue weighted by Crippen LogP contribution is 2.31. The van der Waals surface area contributed by atoms with E-state index in [0.717, 1.165) is 46.2 Å². The summed E-state index contributed by atoms with van der Waals surface area (Å²) in [5, 5.41) is 1.19. The van der Waals surface area contributed by atoms with Crippen LogP contribution in [0.1, 0.15) is 19.0 Å². The summed E-state index contributed by atoms with van der Waals surface area (Å²) in [4.78, 5) is 11.4. The van der Waals surface area contributed by atoms with Gasteiger partial charge in [-0.05, 0) is 36.8 Å². The van der Waals surface area contributed by atoms with Gasteiger partial charge < -0.3 is 14.7 Å². The topological polar surface area (TPSA) is 53.2 Å². The Morgan fingerprint density at radius 2 is 1.92 bits per heavy atom. The third kappa shape index (κ3) is 2.56. The molecule has 120 valence electrons. The molecule has 0 saturated carbocycles. The zero-order chi connectivity index (χ0) is 16.5. The molecule has 0 saturated heterocycles. The number of hydrogen-bond acceptors (Lipinski definition) is 2. The fraction of sp³-hybridized carbons (Fsp3) is 0.150. The van der Waals surface area contributed by atoms with Crippen molar-refractivity contribution in [3.8, 4) is 17.1 Å². The summed E-state index contributed by atoms with van der Waals surface area (Å²) in [6.45, 7) is 2.11. The number of ether oxygens (including phenoxy) is 1. The molecule has 0 atom stereocenters. The summed E-state index contributed by atoms with van der Waals surface area (Å²) in [5.74, 6) is 0.810. The molecular formula is C20H19N3O. The first-order valence-corrected chi connectivity index (χ1v) is 8.09. The lowest BCUT2D eigenvalue weighted by molar-refractivity contribution is 0.414. The first kappa shape index (κ1) is 14.6. The van der Waals surface area contributed by atoms with Crippen LogP contribution in [0.5, 0.6) is 5.75 Å². The second-order valence-corrected chi connectivity index (χ2v) is 5.79. The van der Waals surface area contributed by atoms with Gasteiger partial charge in [0.1, 0.15) is 5.75 Å². The molecule has 4 heteroatoms. The van der Waals surface area contributed by atoms with Crippen LogP contribution >= 0.6 is 0 Å². The Kier molecular flexibility index (Phi) is 3.58. The minimum absolute atomic E-state index is 0.810. The minimum atomic E-state index is 0.810. The Hall–Kier alpha value is -3.01. The minimum Gasteiger partial charge on any atom is -0.494 e. The molecule has 4 nitrogen and oxygen atoms in total. The van der Waals surface area contributed by atoms with Gasteiger partial charge in [-0.25, -0.2) is 0 Å². The van der Waals surface area contributed by atoms with Gasteiger partial charge in [0.25, 0.3) is 0 Å². The molecule has 0 fully saturated rings. The van der Waals surface area contributed by atoms with E-state index in [2.05, 4.69) is 46.2 Å². The highest BCUT2D eigenvalue weighted by atomic mass is 16.5. The second kappa shape index (κ2) is 5.89. The number of H-pyrrole nitrogens is 2. The Morgan fingerprint density at radius 3 is 2.67 bits per heavy atom. The number of methoxy groups -OCH3 is 1. The van der Waals surface area contributed by atoms with Gasteiger partial charge in [-0.3, -0.25) is 4.99 Å². The fourth-order valence-electron chi connectivity index (χ4n) is 2.94. The summed E-state index contributed by atoms with van der Waals surface area (Å²) < 4.78 is 5.52. The predicted molar refractivity (Wildman–Crippen MR) is 99.5 cm³/mol. The molecule has 0 radical (unpaired) electrons. The first-order chi connectivity index (χ1) is 11.8. The summed E-state index contributed by atoms with van der Waals surface area (Å²) in [6.07, 6.45) is 7.04. The number of fused-ring (bicyclic) bond motifs is 1. The zero-order valence-corrected chi connectivity index (χ0v) is 13.8. The monoisotopic (exact) mass is 317 g/mol. The van der Waals surface area contributed by atoms with Crippen LogP contribution in [0.3, 0.4) is 0 Å². The molecule has 3 aromatic rings. The molecular weight excluding hydrogens is 298 g/mol. The van der Waals surface area contributed by atoms with Crippen LogP contribution in [0.15, 0.2) is 59.2 Å². The van der Waals surface area contributed by atoms with Crippen molar-refractivity contribution in [2.24, 2.45) is 4.99 Å². The van der Waals surface area contributed by atoms with Crippen LogP contribution in [0.25, 0.3) is 28.4 Å². The van der Waals surface area contributed by atoms with Crippen LogP contribution in [-0.4, -0.2) is 22.8 Å². The van der Waals surface area contributed by atoms with Gasteiger partial charge in [-0.1, -0.05) is 25.1 Å². The van der Waals surface area contributed by atoms with Crippen molar-refractivity contribution in [2.75, 3.05) is 7.11 Å². The maximum atomic E-state index is 5.52. The zero-order valence-electron chi connectivity index (χ0n) is 13.8. The maximum absolute atomic E-state index is 5.52. The van der Waals surface area contributed by atoms with Crippen molar-refractivity contribution in [3.63, 3.8) is 0 Å². The van der Waals surface area contributed by atoms with E-state index in [1.54, 1.807) is 7.11 Å². The Labute approximate surface area is 140 Å². The van der Waals surface area contributed by atoms with Crippen molar-refractivity contribution in [2.45, 2.75) is 13.3 Å². The van der Waals surface area contributed by atoms with Crippen molar-refractivity contribution < 1.29 is 4.74 Å². The van der Waals surface area contributed by atoms with E-state index in [1.807, 2.05) is 30.4 Å². The molecule has 1 aliphatic heterocycles. The summed E-state index contributed by atoms with van der Waals surface area (Å²) in [7, 11) is 1.69. The smallest absolute Gasteiger partial charge is 0.144 e. The van der Waals surface area contributed by atoms with Gasteiger partial charge in [0.2, 0.25) is 0 Å². The van der Waals surface area contributed by atoms with Gasteiger partial charge in [0, 0.05) is 22.7 Å². The first-order valence-electron chi connectivity index (χ1n) is 8.09. The molecule has 24 heavy (non-hydrogen) atoms. The van der Waals surface area contributed by atoms with Crippen molar-refractivity contribution in [1.29, 1.82) is 0 Å². The third-order valence-electron chi connectivity index (χ3n) is 4.22. The number of rotatable bonds is 4. The third-order valence-corrected chi connectivity index (χ3v) is 4.22. The number of aromatic nitrogens is 2. The average molecular weight is 317 g/mol. The van der Waals surface area contributed by atoms with Gasteiger partial charge in [-0.15, -0.1) is 0 Å². The van der Waals surface area contributed by atoms with E-state index in [9.17, 15) is 0 Å². The van der Waals surface area contributed by atoms with Crippen LogP contribution in [0.4, 0.5) is 0 Å². The molecule has 4 rings (SSSR count). The van der Waals surface area contributed by atoms with E-state index >= 15 is 0 Å². The molecule has 0 spiro atoms. The van der Waals surface area contributed by atoms with Gasteiger partial charge in [0.15, 0.2) is 0 Å². The number of benzene rings is 1. The number of para-hydroxylation sites is 1. The summed E-state index contributed by atoms with van der Waals surface area (Å²) in [5.41, 5.74) is 6.12. The Balaban J connectivity index is 1.74. The van der Waals surface area contributed by atoms with Crippen molar-refractivity contribution in [1.82, 2.24) is 9.97 Å². The SMILES string of the molecule is CCC1=NC(=Cc2[nH]c(-c3cc4ccccc4[nH]3)cc2OC)C=C1. The number of nitrogens with zero attached hydrogens (tertiary/aromatic N) is 1. The highest BCUT2D eigenvalue weighted by Gasteiger charge is 2.12. The molecule has 2 N–H and O–H groups in total. The molecule has 3 heterocycles. The number of allylic oxidation sites excluding steroid dienone is 2. The predicted octanol–water partition coefficient (Wildman–Crippen LogP) is 4.93. The Bertz CT molecular complexity index is 952. The molecule has 1 aliphatic rings. The largest absolute Gasteiger partial charge is 0.494 e. The molecule has 0 bridgehead atoms. The average Bonchev–Trinajstić information content (AvgIpc) is 3.32. The van der Waals surface area contributed by atoms with Gasteiger partial charge in [0.05, 0.1) is 29.9 Å². The maximum Gasteiger partial charge on any atom is 0.144 e. The van der Waals surface area contributed by atoms with E-state index in [4.69, 9.17) is 4.74 Å². The molecule has 0 amide bonds. The van der Waals surface area contributed by atoms with E-state index in [1.165, 1.54) is 5.39 Å². The van der Waals surface area contributed by atoms with Crippen molar-refractivity contribution in [3.05, 3.63) is 59.9 Å². The van der Waals surface area contributed by atoms with Crippen LogP contribution < -0.4 is 4.74 Å². The van der Waals surface area contributed by atoms with Crippen molar-refractivity contribution >= 4 is 22.7 Å². The standard InChI is InChI=1S/C20H19N3O/c1-3-14-8-9-15(21-14)11-19-20(24-2)12-18(23-19)17-10-13-6-4-5-7-16(13)22-17/h4-12,22-23H,3H2,1-2H3. The quantitative estimate of drug-likeness (QED) is 0.704. The molecule has 2 aromatic heterocycles. The highest BCUT2D eigenvalue weighted by molar-refractivity contribution is 5.99. The lowest BCUT2D eigenvalue weighted by Gasteiger charge is -1.97. The van der Waals surface area contributed by atoms with E-state index in [-0.39, 0.29) is 0 Å². The summed E-state index contributed by atoms with van der Waals surface area (Å²) in [6, 6.07) is 12.4. The molecule has 1 aromatic carbocycles. The number of aromatic amines is 2. The number of hydrogen-bond donors (Lipinski definition) is 2. The normalized spacial score (nSPS) is 15.4. The van der Waals surface area contributed by atoms with Crippen LogP contribution in [0, 0.1) is 0 Å². The Morgan fingerprint density at radius 1 is 1.08 bits per heavy atom. The number of aliphatic imine (C=N–C) groups is 1. The number of nitrogens with one attached hydrogen (secondary N) is 2. The van der Waals surface area contributed by atoms with Crippen LogP contribution in [-0.2, 0) is 0 Å². The van der Waals surface area contributed by atoms with E-state index < -0.39 is 0 Å².